The molecular formula is C29H50NNaO6S. The summed E-state index contributed by atoms with van der Waals surface area (Å²) >= 11 is 0. The van der Waals surface area contributed by atoms with Gasteiger partial charge in [-0.05, 0) is 104 Å². The Morgan fingerprint density at radius 2 is 1.71 bits per heavy atom. The number of hydrogen-bond donors (Lipinski definition) is 3. The minimum atomic E-state index is -5.64. The monoisotopic (exact) mass is 567 g/mol. The summed E-state index contributed by atoms with van der Waals surface area (Å²) in [6, 6.07) is 0. The molecule has 4 rings (SSSR count). The van der Waals surface area contributed by atoms with E-state index < -0.39 is 34.1 Å². The fourth-order valence-corrected chi connectivity index (χ4v) is 9.70. The Morgan fingerprint density at radius 1 is 1.05 bits per heavy atom. The molecule has 214 valence electrons. The maximum Gasteiger partial charge on any atom is 1.00 e. The standard InChI is InChI=1S/C29H51NO6S.Na/c1-18(6-5-7-19(2)27(33)30-14-15-37(34,35)36)22-8-9-23-26-24(11-13-29(22,23)4)28(3)12-10-21(31)16-20(28)17-25(26)32;/h18-26,31-32H,5-17H2,1-4H3,(H,30,33)(H,34,35,36);/q;+1/p-1/t18-,19+,20+,21-,22-,23+,24+,25-,26?,28+,29-;/m1./s1/i14D2,15D2;. The fraction of sp³-hybridized carbons (Fsp3) is 0.966. The van der Waals surface area contributed by atoms with Gasteiger partial charge >= 0.3 is 29.6 Å². The second-order valence-electron chi connectivity index (χ2n) is 13.4. The molecule has 0 radical (unpaired) electrons. The molecule has 0 aromatic heterocycles. The first-order valence-electron chi connectivity index (χ1n) is 16.4. The molecule has 0 spiro atoms. The summed E-state index contributed by atoms with van der Waals surface area (Å²) in [4.78, 5) is 12.6. The molecule has 0 aromatic rings. The van der Waals surface area contributed by atoms with Crippen LogP contribution in [0, 0.1) is 52.3 Å². The summed E-state index contributed by atoms with van der Waals surface area (Å²) in [7, 11) is -5.64. The third-order valence-electron chi connectivity index (χ3n) is 11.5. The van der Waals surface area contributed by atoms with Crippen LogP contribution in [0.1, 0.15) is 104 Å². The molecule has 3 N–H and O–H groups in total. The van der Waals surface area contributed by atoms with Crippen molar-refractivity contribution in [3.8, 4) is 0 Å². The van der Waals surface area contributed by atoms with Crippen molar-refractivity contribution in [2.45, 2.75) is 111 Å². The topological polar surface area (TPSA) is 127 Å². The minimum Gasteiger partial charge on any atom is -0.748 e. The van der Waals surface area contributed by atoms with Crippen molar-refractivity contribution in [3.05, 3.63) is 0 Å². The molecule has 0 aromatic carbocycles. The van der Waals surface area contributed by atoms with Crippen molar-refractivity contribution < 1.29 is 63.0 Å². The Kier molecular flexibility index (Phi) is 9.05. The normalized spacial score (nSPS) is 44.4. The van der Waals surface area contributed by atoms with Crippen molar-refractivity contribution >= 4 is 16.0 Å². The maximum atomic E-state index is 12.6. The number of carbonyl (C=O) groups excluding carboxylic acids is 1. The van der Waals surface area contributed by atoms with Crippen LogP contribution in [0.2, 0.25) is 0 Å². The van der Waals surface area contributed by atoms with Gasteiger partial charge in [-0.1, -0.05) is 40.5 Å². The summed E-state index contributed by atoms with van der Waals surface area (Å²) in [5, 5.41) is 23.5. The molecule has 0 saturated heterocycles. The van der Waals surface area contributed by atoms with Gasteiger partial charge in [0, 0.05) is 15.2 Å². The molecule has 4 fully saturated rings. The molecule has 38 heavy (non-hydrogen) atoms. The van der Waals surface area contributed by atoms with Crippen molar-refractivity contribution in [3.63, 3.8) is 0 Å². The first-order valence-corrected chi connectivity index (χ1v) is 15.8. The predicted octanol–water partition coefficient (Wildman–Crippen LogP) is 1.08. The number of nitrogens with one attached hydrogen (secondary N) is 1. The zero-order valence-electron chi connectivity index (χ0n) is 27.9. The molecule has 4 saturated carbocycles. The Balaban J connectivity index is 0.00000484. The van der Waals surface area contributed by atoms with E-state index in [-0.39, 0.29) is 52.6 Å². The zero-order chi connectivity index (χ0) is 30.8. The molecule has 1 unspecified atom stereocenters. The van der Waals surface area contributed by atoms with E-state index >= 15 is 0 Å². The van der Waals surface area contributed by atoms with E-state index in [1.54, 1.807) is 12.2 Å². The Labute approximate surface area is 258 Å². The van der Waals surface area contributed by atoms with Crippen LogP contribution in [-0.2, 0) is 14.9 Å². The first kappa shape index (κ1) is 27.2. The molecular weight excluding hydrogens is 513 g/mol. The third kappa shape index (κ3) is 6.68. The molecule has 0 aliphatic heterocycles. The van der Waals surface area contributed by atoms with Crippen LogP contribution in [0.5, 0.6) is 0 Å². The molecule has 0 bridgehead atoms. The zero-order valence-corrected chi connectivity index (χ0v) is 26.7. The van der Waals surface area contributed by atoms with Gasteiger partial charge < -0.3 is 20.1 Å². The molecule has 4 aliphatic carbocycles. The number of hydrogen-bond acceptors (Lipinski definition) is 6. The van der Waals surface area contributed by atoms with Crippen molar-refractivity contribution in [2.75, 3.05) is 12.2 Å². The summed E-state index contributed by atoms with van der Waals surface area (Å²) in [6.07, 6.45) is 9.46. The summed E-state index contributed by atoms with van der Waals surface area (Å²) in [5.74, 6) is 1.08. The average molecular weight is 568 g/mol. The van der Waals surface area contributed by atoms with Gasteiger partial charge in [0.2, 0.25) is 5.91 Å². The number of carbonyl (C=O) groups is 1. The van der Waals surface area contributed by atoms with Gasteiger partial charge in [0.1, 0.15) is 0 Å². The van der Waals surface area contributed by atoms with Crippen LogP contribution < -0.4 is 34.9 Å². The SMILES string of the molecule is [2H]C([2H])(NC(=O)[C@@H](C)CCC[C@@H](C)[C@H]1CC[C@H]2C3[C@H](O)C[C@@H]4C[C@H](O)CC[C@]4(C)[C@H]3CC[C@]12C)C([2H])([2H])S(=O)(=O)[O-].[Na+]. The van der Waals surface area contributed by atoms with Gasteiger partial charge in [0.25, 0.3) is 0 Å². The number of rotatable bonds is 9. The van der Waals surface area contributed by atoms with Crippen molar-refractivity contribution in [1.29, 1.82) is 0 Å². The van der Waals surface area contributed by atoms with Gasteiger partial charge in [-0.15, -0.1) is 0 Å². The third-order valence-corrected chi connectivity index (χ3v) is 11.9. The maximum absolute atomic E-state index is 12.6. The second-order valence-corrected chi connectivity index (χ2v) is 14.5. The molecule has 9 heteroatoms. The number of aliphatic hydroxyl groups is 2. The number of amides is 1. The minimum absolute atomic E-state index is 0. The van der Waals surface area contributed by atoms with E-state index in [2.05, 4.69) is 20.8 Å². The smallest absolute Gasteiger partial charge is 0.748 e. The van der Waals surface area contributed by atoms with E-state index in [9.17, 15) is 28.0 Å². The van der Waals surface area contributed by atoms with Crippen molar-refractivity contribution in [1.82, 2.24) is 5.32 Å². The first-order chi connectivity index (χ1) is 18.8. The van der Waals surface area contributed by atoms with Crippen LogP contribution in [0.15, 0.2) is 0 Å². The summed E-state index contributed by atoms with van der Waals surface area (Å²) in [6.45, 7) is 5.34. The van der Waals surface area contributed by atoms with Gasteiger partial charge in [0.15, 0.2) is 0 Å². The average Bonchev–Trinajstić information content (AvgIpc) is 3.21. The van der Waals surface area contributed by atoms with Crippen LogP contribution >= 0.6 is 0 Å². The van der Waals surface area contributed by atoms with Crippen LogP contribution in [0.3, 0.4) is 0 Å². The molecule has 7 nitrogen and oxygen atoms in total. The van der Waals surface area contributed by atoms with Crippen LogP contribution in [0.4, 0.5) is 0 Å². The van der Waals surface area contributed by atoms with Crippen LogP contribution in [0.25, 0.3) is 0 Å². The molecule has 0 heterocycles. The number of fused-ring (bicyclic) bond motifs is 5. The Bertz CT molecular complexity index is 1100. The van der Waals surface area contributed by atoms with Crippen molar-refractivity contribution in [2.24, 2.45) is 52.3 Å². The Morgan fingerprint density at radius 3 is 2.39 bits per heavy atom. The van der Waals surface area contributed by atoms with E-state index in [1.807, 2.05) is 0 Å². The summed E-state index contributed by atoms with van der Waals surface area (Å²) in [5.41, 5.74) is -3.45. The Hall–Kier alpha value is 0.300. The van der Waals surface area contributed by atoms with Gasteiger partial charge in [0.05, 0.1) is 30.8 Å². The summed E-state index contributed by atoms with van der Waals surface area (Å²) < 4.78 is 63.7. The van der Waals surface area contributed by atoms with Crippen LogP contribution in [-0.4, -0.2) is 53.5 Å². The fourth-order valence-electron chi connectivity index (χ4n) is 9.53. The molecule has 11 atom stereocenters. The van der Waals surface area contributed by atoms with Gasteiger partial charge in [-0.25, -0.2) is 8.42 Å². The molecule has 4 aliphatic rings. The van der Waals surface area contributed by atoms with E-state index in [0.29, 0.717) is 48.3 Å². The van der Waals surface area contributed by atoms with E-state index in [4.69, 9.17) is 5.48 Å². The van der Waals surface area contributed by atoms with Gasteiger partial charge in [-0.2, -0.15) is 0 Å². The van der Waals surface area contributed by atoms with E-state index in [1.165, 1.54) is 0 Å². The largest absolute Gasteiger partial charge is 1.00 e. The van der Waals surface area contributed by atoms with E-state index in [0.717, 1.165) is 57.8 Å². The van der Waals surface area contributed by atoms with Gasteiger partial charge in [-0.3, -0.25) is 4.79 Å². The number of aliphatic hydroxyl groups excluding tert-OH is 2. The molecule has 1 amide bonds. The quantitative estimate of drug-likeness (QED) is 0.283. The second kappa shape index (κ2) is 12.7. The predicted molar refractivity (Wildman–Crippen MR) is 142 cm³/mol.